The summed E-state index contributed by atoms with van der Waals surface area (Å²) < 4.78 is 0. The first kappa shape index (κ1) is 13.2. The summed E-state index contributed by atoms with van der Waals surface area (Å²) in [4.78, 5) is 20.5. The number of carbonyl (C=O) groups is 1. The van der Waals surface area contributed by atoms with Gasteiger partial charge in [0.05, 0.1) is 0 Å². The molecule has 0 spiro atoms. The Balaban J connectivity index is 2.59. The zero-order valence-electron chi connectivity index (χ0n) is 10.4. The minimum absolute atomic E-state index is 0.0224. The van der Waals surface area contributed by atoms with Crippen molar-refractivity contribution in [2.24, 2.45) is 0 Å². The zero-order valence-corrected chi connectivity index (χ0v) is 11.1. The van der Waals surface area contributed by atoms with Crippen molar-refractivity contribution in [3.63, 3.8) is 0 Å². The molecule has 0 amide bonds. The van der Waals surface area contributed by atoms with E-state index in [9.17, 15) is 4.79 Å². The second kappa shape index (κ2) is 5.63. The molecule has 4 nitrogen and oxygen atoms in total. The van der Waals surface area contributed by atoms with E-state index in [-0.39, 0.29) is 16.8 Å². The van der Waals surface area contributed by atoms with Gasteiger partial charge < -0.3 is 5.32 Å². The molecule has 19 heavy (non-hydrogen) atoms. The molecule has 0 radical (unpaired) electrons. The Morgan fingerprint density at radius 2 is 2.00 bits per heavy atom. The lowest BCUT2D eigenvalue weighted by molar-refractivity contribution is 0.103. The Bertz CT molecular complexity index is 626. The fourth-order valence-electron chi connectivity index (χ4n) is 1.73. The van der Waals surface area contributed by atoms with Gasteiger partial charge in [-0.05, 0) is 11.6 Å². The number of anilines is 1. The number of rotatable bonds is 4. The first-order chi connectivity index (χ1) is 9.17. The Kier molecular flexibility index (Phi) is 3.92. The molecule has 1 heterocycles. The van der Waals surface area contributed by atoms with Crippen LogP contribution >= 0.6 is 11.6 Å². The van der Waals surface area contributed by atoms with E-state index in [4.69, 9.17) is 11.6 Å². The van der Waals surface area contributed by atoms with Crippen LogP contribution < -0.4 is 5.32 Å². The molecule has 0 saturated carbocycles. The van der Waals surface area contributed by atoms with Crippen molar-refractivity contribution in [2.75, 3.05) is 12.4 Å². The molecule has 1 aromatic carbocycles. The van der Waals surface area contributed by atoms with Crippen molar-refractivity contribution in [2.45, 2.75) is 0 Å². The molecular formula is C14H12ClN3O. The van der Waals surface area contributed by atoms with Crippen molar-refractivity contribution < 1.29 is 4.79 Å². The van der Waals surface area contributed by atoms with E-state index in [1.807, 2.05) is 6.07 Å². The molecule has 0 unspecified atom stereocenters. The van der Waals surface area contributed by atoms with Gasteiger partial charge in [-0.2, -0.15) is 0 Å². The second-order valence-electron chi connectivity index (χ2n) is 3.75. The van der Waals surface area contributed by atoms with Gasteiger partial charge in [-0.15, -0.1) is 0 Å². The molecule has 2 aromatic rings. The lowest BCUT2D eigenvalue weighted by Crippen LogP contribution is -2.10. The molecule has 1 N–H and O–H groups in total. The van der Waals surface area contributed by atoms with Crippen molar-refractivity contribution in [1.82, 2.24) is 9.97 Å². The van der Waals surface area contributed by atoms with Gasteiger partial charge in [0.2, 0.25) is 11.1 Å². The summed E-state index contributed by atoms with van der Waals surface area (Å²) in [5.41, 5.74) is 1.33. The largest absolute Gasteiger partial charge is 0.372 e. The molecule has 96 valence electrons. The van der Waals surface area contributed by atoms with E-state index in [1.54, 1.807) is 37.4 Å². The number of carbonyl (C=O) groups excluding carboxylic acids is 1. The summed E-state index contributed by atoms with van der Waals surface area (Å²) in [5, 5.41) is 2.90. The third-order valence-corrected chi connectivity index (χ3v) is 2.78. The summed E-state index contributed by atoms with van der Waals surface area (Å²) in [6, 6.07) is 8.89. The van der Waals surface area contributed by atoms with Crippen LogP contribution in [0.2, 0.25) is 5.28 Å². The summed E-state index contributed by atoms with van der Waals surface area (Å²) in [5.74, 6) is 0.269. The van der Waals surface area contributed by atoms with Gasteiger partial charge in [0.25, 0.3) is 0 Å². The van der Waals surface area contributed by atoms with E-state index in [1.165, 1.54) is 0 Å². The third kappa shape index (κ3) is 2.63. The second-order valence-corrected chi connectivity index (χ2v) is 4.09. The first-order valence-corrected chi connectivity index (χ1v) is 6.02. The van der Waals surface area contributed by atoms with Crippen LogP contribution in [0.25, 0.3) is 6.08 Å². The number of nitrogens with zero attached hydrogens (tertiary/aromatic N) is 2. The monoisotopic (exact) mass is 273 g/mol. The predicted octanol–water partition coefficient (Wildman–Crippen LogP) is 3.05. The lowest BCUT2D eigenvalue weighted by atomic mass is 10.0. The number of halogens is 1. The molecule has 0 aliphatic heterocycles. The molecule has 0 bridgehead atoms. The van der Waals surface area contributed by atoms with Gasteiger partial charge in [0.1, 0.15) is 11.5 Å². The maximum Gasteiger partial charge on any atom is 0.225 e. The van der Waals surface area contributed by atoms with E-state index < -0.39 is 0 Å². The molecule has 5 heteroatoms. The highest BCUT2D eigenvalue weighted by molar-refractivity contribution is 6.28. The van der Waals surface area contributed by atoms with E-state index >= 15 is 0 Å². The summed E-state index contributed by atoms with van der Waals surface area (Å²) in [6.45, 7) is 3.69. The molecule has 0 saturated heterocycles. The van der Waals surface area contributed by atoms with Crippen LogP contribution in [-0.4, -0.2) is 22.8 Å². The zero-order chi connectivity index (χ0) is 13.8. The first-order valence-electron chi connectivity index (χ1n) is 5.65. The standard InChI is InChI=1S/C14H12ClN3O/c1-3-10-11(17-14(15)18-13(10)16-2)12(19)9-7-5-4-6-8-9/h3-8H,1H2,2H3,(H,16,17,18). The highest BCUT2D eigenvalue weighted by Gasteiger charge is 2.18. The predicted molar refractivity (Wildman–Crippen MR) is 76.6 cm³/mol. The van der Waals surface area contributed by atoms with Crippen molar-refractivity contribution in [3.05, 3.63) is 59.0 Å². The topological polar surface area (TPSA) is 54.9 Å². The highest BCUT2D eigenvalue weighted by atomic mass is 35.5. The molecule has 0 aliphatic carbocycles. The Labute approximate surface area is 116 Å². The average Bonchev–Trinajstić information content (AvgIpc) is 2.46. The maximum atomic E-state index is 12.4. The van der Waals surface area contributed by atoms with E-state index in [2.05, 4.69) is 21.9 Å². The van der Waals surface area contributed by atoms with Gasteiger partial charge in [0.15, 0.2) is 0 Å². The Hall–Kier alpha value is -2.20. The van der Waals surface area contributed by atoms with Crippen molar-refractivity contribution in [3.8, 4) is 0 Å². The Morgan fingerprint density at radius 1 is 1.32 bits per heavy atom. The van der Waals surface area contributed by atoms with Gasteiger partial charge in [-0.1, -0.05) is 43.0 Å². The summed E-state index contributed by atoms with van der Waals surface area (Å²) in [6.07, 6.45) is 1.54. The average molecular weight is 274 g/mol. The van der Waals surface area contributed by atoms with Crippen molar-refractivity contribution >= 4 is 29.3 Å². The minimum atomic E-state index is -0.212. The van der Waals surface area contributed by atoms with E-state index in [0.29, 0.717) is 16.9 Å². The molecule has 0 aliphatic rings. The summed E-state index contributed by atoms with van der Waals surface area (Å²) in [7, 11) is 1.70. The normalized spacial score (nSPS) is 10.0. The SMILES string of the molecule is C=Cc1c(NC)nc(Cl)nc1C(=O)c1ccccc1. The molecule has 2 rings (SSSR count). The van der Waals surface area contributed by atoms with Gasteiger partial charge in [-0.25, -0.2) is 9.97 Å². The number of aromatic nitrogens is 2. The maximum absolute atomic E-state index is 12.4. The molecular weight excluding hydrogens is 262 g/mol. The molecule has 0 atom stereocenters. The van der Waals surface area contributed by atoms with Crippen LogP contribution in [0.1, 0.15) is 21.6 Å². The van der Waals surface area contributed by atoms with Crippen LogP contribution in [0.4, 0.5) is 5.82 Å². The fraction of sp³-hybridized carbons (Fsp3) is 0.0714. The quantitative estimate of drug-likeness (QED) is 0.687. The van der Waals surface area contributed by atoms with Crippen molar-refractivity contribution in [1.29, 1.82) is 0 Å². The van der Waals surface area contributed by atoms with Crippen LogP contribution in [0.3, 0.4) is 0 Å². The lowest BCUT2D eigenvalue weighted by Gasteiger charge is -2.09. The minimum Gasteiger partial charge on any atom is -0.372 e. The number of hydrogen-bond acceptors (Lipinski definition) is 4. The van der Waals surface area contributed by atoms with Gasteiger partial charge >= 0.3 is 0 Å². The fourth-order valence-corrected chi connectivity index (χ4v) is 1.89. The Morgan fingerprint density at radius 3 is 2.58 bits per heavy atom. The van der Waals surface area contributed by atoms with Crippen LogP contribution in [0.15, 0.2) is 36.9 Å². The van der Waals surface area contributed by atoms with Crippen LogP contribution in [0.5, 0.6) is 0 Å². The molecule has 0 fully saturated rings. The van der Waals surface area contributed by atoms with Gasteiger partial charge in [0, 0.05) is 18.2 Å². The number of nitrogens with one attached hydrogen (secondary N) is 1. The smallest absolute Gasteiger partial charge is 0.225 e. The number of ketones is 1. The number of hydrogen-bond donors (Lipinski definition) is 1. The third-order valence-electron chi connectivity index (χ3n) is 2.61. The number of benzene rings is 1. The molecule has 1 aromatic heterocycles. The summed E-state index contributed by atoms with van der Waals surface area (Å²) >= 11 is 5.84. The van der Waals surface area contributed by atoms with E-state index in [0.717, 1.165) is 0 Å². The van der Waals surface area contributed by atoms with Gasteiger partial charge in [-0.3, -0.25) is 4.79 Å². The highest BCUT2D eigenvalue weighted by Crippen LogP contribution is 2.22. The van der Waals surface area contributed by atoms with Crippen LogP contribution in [0, 0.1) is 0 Å². The van der Waals surface area contributed by atoms with Crippen LogP contribution in [-0.2, 0) is 0 Å².